The van der Waals surface area contributed by atoms with Gasteiger partial charge in [0, 0.05) is 24.6 Å². The summed E-state index contributed by atoms with van der Waals surface area (Å²) in [5, 5.41) is 5.98. The van der Waals surface area contributed by atoms with E-state index in [2.05, 4.69) is 10.6 Å². The Morgan fingerprint density at radius 1 is 1.32 bits per heavy atom. The number of benzene rings is 1. The Labute approximate surface area is 140 Å². The lowest BCUT2D eigenvalue weighted by Gasteiger charge is -2.24. The van der Waals surface area contributed by atoms with Crippen molar-refractivity contribution < 1.29 is 9.53 Å². The minimum Gasteiger partial charge on any atom is -0.488 e. The molecule has 1 aromatic rings. The third-order valence-electron chi connectivity index (χ3n) is 3.05. The number of halogens is 1. The SMILES string of the molecule is CNCC(C)C(=O)NCc1ccc(C)cc1OC(C)(C)C.Cl. The molecule has 0 fully saturated rings. The number of nitrogens with one attached hydrogen (secondary N) is 2. The second-order valence-corrected chi connectivity index (χ2v) is 6.50. The van der Waals surface area contributed by atoms with Crippen molar-refractivity contribution in [2.24, 2.45) is 5.92 Å². The van der Waals surface area contributed by atoms with Crippen molar-refractivity contribution in [2.45, 2.75) is 46.8 Å². The lowest BCUT2D eigenvalue weighted by molar-refractivity contribution is -0.124. The Balaban J connectivity index is 0.00000441. The van der Waals surface area contributed by atoms with Gasteiger partial charge in [-0.3, -0.25) is 4.79 Å². The number of ether oxygens (including phenoxy) is 1. The van der Waals surface area contributed by atoms with Crippen LogP contribution in [0.15, 0.2) is 18.2 Å². The highest BCUT2D eigenvalue weighted by Crippen LogP contribution is 2.24. The topological polar surface area (TPSA) is 50.4 Å². The predicted molar refractivity (Wildman–Crippen MR) is 93.7 cm³/mol. The van der Waals surface area contributed by atoms with E-state index in [9.17, 15) is 4.79 Å². The Morgan fingerprint density at radius 3 is 2.50 bits per heavy atom. The Kier molecular flexibility index (Phi) is 8.49. The molecule has 4 nitrogen and oxygen atoms in total. The minimum atomic E-state index is -0.258. The van der Waals surface area contributed by atoms with Crippen LogP contribution < -0.4 is 15.4 Å². The summed E-state index contributed by atoms with van der Waals surface area (Å²) in [4.78, 5) is 12.0. The Hall–Kier alpha value is -1.26. The smallest absolute Gasteiger partial charge is 0.224 e. The molecule has 0 heterocycles. The van der Waals surface area contributed by atoms with Crippen molar-refractivity contribution >= 4 is 18.3 Å². The summed E-state index contributed by atoms with van der Waals surface area (Å²) in [7, 11) is 1.85. The average Bonchev–Trinajstić information content (AvgIpc) is 2.35. The summed E-state index contributed by atoms with van der Waals surface area (Å²) < 4.78 is 5.99. The fourth-order valence-corrected chi connectivity index (χ4v) is 1.99. The summed E-state index contributed by atoms with van der Waals surface area (Å²) in [5.41, 5.74) is 1.89. The molecule has 0 aromatic heterocycles. The highest BCUT2D eigenvalue weighted by atomic mass is 35.5. The fraction of sp³-hybridized carbons (Fsp3) is 0.588. The molecule has 22 heavy (non-hydrogen) atoms. The first-order chi connectivity index (χ1) is 9.73. The van der Waals surface area contributed by atoms with Crippen LogP contribution >= 0.6 is 12.4 Å². The molecule has 2 N–H and O–H groups in total. The third kappa shape index (κ3) is 7.14. The zero-order chi connectivity index (χ0) is 16.0. The van der Waals surface area contributed by atoms with Gasteiger partial charge in [0.1, 0.15) is 11.4 Å². The van der Waals surface area contributed by atoms with E-state index in [1.54, 1.807) is 0 Å². The van der Waals surface area contributed by atoms with Gasteiger partial charge in [0.2, 0.25) is 5.91 Å². The van der Waals surface area contributed by atoms with Crippen molar-refractivity contribution in [3.05, 3.63) is 29.3 Å². The van der Waals surface area contributed by atoms with Crippen molar-refractivity contribution in [2.75, 3.05) is 13.6 Å². The Bertz CT molecular complexity index is 484. The highest BCUT2D eigenvalue weighted by Gasteiger charge is 2.16. The fourth-order valence-electron chi connectivity index (χ4n) is 1.99. The van der Waals surface area contributed by atoms with Crippen molar-refractivity contribution in [1.82, 2.24) is 10.6 Å². The summed E-state index contributed by atoms with van der Waals surface area (Å²) in [6.07, 6.45) is 0. The molecule has 1 amide bonds. The van der Waals surface area contributed by atoms with Crippen LogP contribution in [0, 0.1) is 12.8 Å². The van der Waals surface area contributed by atoms with Gasteiger partial charge < -0.3 is 15.4 Å². The van der Waals surface area contributed by atoms with Gasteiger partial charge in [0.25, 0.3) is 0 Å². The van der Waals surface area contributed by atoms with Crippen LogP contribution in [0.5, 0.6) is 5.75 Å². The van der Waals surface area contributed by atoms with E-state index >= 15 is 0 Å². The normalized spacial score (nSPS) is 12.3. The maximum atomic E-state index is 12.0. The molecule has 0 bridgehead atoms. The summed E-state index contributed by atoms with van der Waals surface area (Å²) in [5.74, 6) is 0.836. The molecule has 1 aromatic carbocycles. The van der Waals surface area contributed by atoms with E-state index in [-0.39, 0.29) is 29.8 Å². The van der Waals surface area contributed by atoms with Gasteiger partial charge in [0.15, 0.2) is 0 Å². The van der Waals surface area contributed by atoms with E-state index < -0.39 is 0 Å². The highest BCUT2D eigenvalue weighted by molar-refractivity contribution is 5.85. The second-order valence-electron chi connectivity index (χ2n) is 6.50. The van der Waals surface area contributed by atoms with Gasteiger partial charge in [-0.05, 0) is 46.4 Å². The van der Waals surface area contributed by atoms with Gasteiger partial charge in [-0.25, -0.2) is 0 Å². The molecule has 1 atom stereocenters. The monoisotopic (exact) mass is 328 g/mol. The van der Waals surface area contributed by atoms with E-state index in [4.69, 9.17) is 4.74 Å². The number of hydrogen-bond acceptors (Lipinski definition) is 3. The standard InChI is InChI=1S/C17H28N2O2.ClH/c1-12-7-8-14(15(9-12)21-17(3,4)5)11-19-16(20)13(2)10-18-6;/h7-9,13,18H,10-11H2,1-6H3,(H,19,20);1H. The van der Waals surface area contributed by atoms with Crippen molar-refractivity contribution in [1.29, 1.82) is 0 Å². The zero-order valence-electron chi connectivity index (χ0n) is 14.4. The van der Waals surface area contributed by atoms with Gasteiger partial charge in [-0.1, -0.05) is 19.1 Å². The largest absolute Gasteiger partial charge is 0.488 e. The molecule has 0 saturated carbocycles. The summed E-state index contributed by atoms with van der Waals surface area (Å²) in [6, 6.07) is 6.07. The first-order valence-electron chi connectivity index (χ1n) is 7.44. The van der Waals surface area contributed by atoms with E-state index in [1.807, 2.05) is 59.9 Å². The van der Waals surface area contributed by atoms with Crippen LogP contribution in [-0.4, -0.2) is 25.1 Å². The predicted octanol–water partition coefficient (Wildman–Crippen LogP) is 3.07. The van der Waals surface area contributed by atoms with E-state index in [0.29, 0.717) is 13.1 Å². The first-order valence-corrected chi connectivity index (χ1v) is 7.44. The molecule has 0 spiro atoms. The van der Waals surface area contributed by atoms with Gasteiger partial charge in [0.05, 0.1) is 0 Å². The summed E-state index contributed by atoms with van der Waals surface area (Å²) >= 11 is 0. The number of hydrogen-bond donors (Lipinski definition) is 2. The maximum absolute atomic E-state index is 12.0. The number of rotatable bonds is 6. The van der Waals surface area contributed by atoms with Crippen molar-refractivity contribution in [3.8, 4) is 5.75 Å². The molecule has 1 rings (SSSR count). The number of aryl methyl sites for hydroxylation is 1. The lowest BCUT2D eigenvalue weighted by Crippen LogP contribution is -2.34. The molecule has 126 valence electrons. The number of amides is 1. The third-order valence-corrected chi connectivity index (χ3v) is 3.05. The van der Waals surface area contributed by atoms with Gasteiger partial charge in [-0.15, -0.1) is 12.4 Å². The summed E-state index contributed by atoms with van der Waals surface area (Å²) in [6.45, 7) is 11.2. The van der Waals surface area contributed by atoms with E-state index in [1.165, 1.54) is 0 Å². The maximum Gasteiger partial charge on any atom is 0.224 e. The van der Waals surface area contributed by atoms with Crippen molar-refractivity contribution in [3.63, 3.8) is 0 Å². The molecule has 0 aliphatic rings. The molecule has 0 aliphatic carbocycles. The molecular weight excluding hydrogens is 300 g/mol. The van der Waals surface area contributed by atoms with E-state index in [0.717, 1.165) is 16.9 Å². The molecule has 5 heteroatoms. The molecule has 0 saturated heterocycles. The number of carbonyl (C=O) groups excluding carboxylic acids is 1. The minimum absolute atomic E-state index is 0. The molecular formula is C17H29ClN2O2. The lowest BCUT2D eigenvalue weighted by atomic mass is 10.1. The second kappa shape index (κ2) is 9.01. The average molecular weight is 329 g/mol. The van der Waals surface area contributed by atoms with Crippen LogP contribution in [0.4, 0.5) is 0 Å². The van der Waals surface area contributed by atoms with Crippen LogP contribution in [0.3, 0.4) is 0 Å². The van der Waals surface area contributed by atoms with Gasteiger partial charge >= 0.3 is 0 Å². The van der Waals surface area contributed by atoms with Crippen LogP contribution in [0.25, 0.3) is 0 Å². The van der Waals surface area contributed by atoms with Crippen LogP contribution in [0.1, 0.15) is 38.8 Å². The first kappa shape index (κ1) is 20.7. The quantitative estimate of drug-likeness (QED) is 0.843. The molecule has 0 radical (unpaired) electrons. The van der Waals surface area contributed by atoms with Gasteiger partial charge in [-0.2, -0.15) is 0 Å². The zero-order valence-corrected chi connectivity index (χ0v) is 15.3. The van der Waals surface area contributed by atoms with Crippen LogP contribution in [-0.2, 0) is 11.3 Å². The Morgan fingerprint density at radius 2 is 1.95 bits per heavy atom. The molecule has 0 aliphatic heterocycles. The molecule has 1 unspecified atom stereocenters. The number of carbonyl (C=O) groups is 1. The van der Waals surface area contributed by atoms with Crippen LogP contribution in [0.2, 0.25) is 0 Å².